The second kappa shape index (κ2) is 8.96. The molecule has 0 N–H and O–H groups in total. The summed E-state index contributed by atoms with van der Waals surface area (Å²) in [5, 5.41) is 9.76. The van der Waals surface area contributed by atoms with Gasteiger partial charge in [0.1, 0.15) is 29.9 Å². The van der Waals surface area contributed by atoms with Crippen molar-refractivity contribution < 1.29 is 18.3 Å². The van der Waals surface area contributed by atoms with Gasteiger partial charge in [0.25, 0.3) is 11.4 Å². The minimum Gasteiger partial charge on any atom is -0.497 e. The molecule has 4 aromatic rings. The molecule has 9 heteroatoms. The summed E-state index contributed by atoms with van der Waals surface area (Å²) in [5.41, 5.74) is 1.30. The number of hydrogen-bond donors (Lipinski definition) is 0. The molecule has 1 saturated heterocycles. The van der Waals surface area contributed by atoms with E-state index in [1.165, 1.54) is 0 Å². The first kappa shape index (κ1) is 22.0. The van der Waals surface area contributed by atoms with Gasteiger partial charge in [-0.2, -0.15) is 10.2 Å². The predicted octanol–water partition coefficient (Wildman–Crippen LogP) is 4.18. The third-order valence-electron chi connectivity index (χ3n) is 6.80. The smallest absolute Gasteiger partial charge is 0.266 e. The van der Waals surface area contributed by atoms with Gasteiger partial charge in [-0.25, -0.2) is 0 Å². The van der Waals surface area contributed by atoms with E-state index >= 15 is 0 Å². The van der Waals surface area contributed by atoms with Gasteiger partial charge in [-0.15, -0.1) is 0 Å². The summed E-state index contributed by atoms with van der Waals surface area (Å²) in [6, 6.07) is 18.5. The molecule has 9 nitrogen and oxygen atoms in total. The Morgan fingerprint density at radius 3 is 2.69 bits per heavy atom. The molecule has 0 saturated carbocycles. The number of ether oxygens (including phenoxy) is 2. The van der Waals surface area contributed by atoms with Crippen LogP contribution in [0.2, 0.25) is 0 Å². The Balaban J connectivity index is 1.20. The number of piperidine rings is 1. The summed E-state index contributed by atoms with van der Waals surface area (Å²) >= 11 is 0. The molecule has 0 unspecified atom stereocenters. The van der Waals surface area contributed by atoms with Crippen LogP contribution in [0, 0.1) is 17.2 Å². The summed E-state index contributed by atoms with van der Waals surface area (Å²) in [6.07, 6.45) is 1.01. The lowest BCUT2D eigenvalue weighted by molar-refractivity contribution is 0.269. The number of nitrogens with zero attached hydrogens (tertiary/aromatic N) is 4. The SMILES string of the molecule is COc1ccc(OCc2ccc(-c3nc(C#N)c(N4C[C@@H]5C[C@H](C4)c4cccc(=O)n4C5)o3)o2)cc1. The molecule has 2 atom stereocenters. The fourth-order valence-electron chi connectivity index (χ4n) is 5.16. The van der Waals surface area contributed by atoms with Gasteiger partial charge in [-0.05, 0) is 54.8 Å². The Labute approximate surface area is 207 Å². The Morgan fingerprint density at radius 2 is 1.89 bits per heavy atom. The topological polar surface area (TPSA) is 107 Å². The fourth-order valence-corrected chi connectivity index (χ4v) is 5.16. The van der Waals surface area contributed by atoms with Crippen LogP contribution in [0.25, 0.3) is 11.7 Å². The van der Waals surface area contributed by atoms with Crippen LogP contribution in [0.4, 0.5) is 5.88 Å². The van der Waals surface area contributed by atoms with Gasteiger partial charge in [0.05, 0.1) is 7.11 Å². The number of rotatable bonds is 6. The van der Waals surface area contributed by atoms with E-state index < -0.39 is 0 Å². The zero-order valence-corrected chi connectivity index (χ0v) is 19.7. The van der Waals surface area contributed by atoms with Crippen molar-refractivity contribution in [1.82, 2.24) is 9.55 Å². The Morgan fingerprint density at radius 1 is 1.06 bits per heavy atom. The molecule has 182 valence electrons. The lowest BCUT2D eigenvalue weighted by Crippen LogP contribution is -2.47. The van der Waals surface area contributed by atoms with Crippen LogP contribution in [0.15, 0.2) is 68.2 Å². The van der Waals surface area contributed by atoms with Crippen LogP contribution in [0.3, 0.4) is 0 Å². The normalized spacial score (nSPS) is 18.4. The molecule has 2 aliphatic rings. The van der Waals surface area contributed by atoms with E-state index in [0.29, 0.717) is 48.7 Å². The van der Waals surface area contributed by atoms with Crippen molar-refractivity contribution in [1.29, 1.82) is 5.26 Å². The first-order valence-corrected chi connectivity index (χ1v) is 11.8. The van der Waals surface area contributed by atoms with E-state index in [9.17, 15) is 10.1 Å². The Kier molecular flexibility index (Phi) is 5.49. The van der Waals surface area contributed by atoms with Gasteiger partial charge in [-0.3, -0.25) is 4.79 Å². The van der Waals surface area contributed by atoms with Crippen molar-refractivity contribution in [3.8, 4) is 29.2 Å². The number of fused-ring (bicyclic) bond motifs is 4. The molecule has 0 aliphatic carbocycles. The number of anilines is 1. The van der Waals surface area contributed by atoms with E-state index in [1.807, 2.05) is 41.0 Å². The molecule has 0 radical (unpaired) electrons. The number of nitriles is 1. The third kappa shape index (κ3) is 4.01. The summed E-state index contributed by atoms with van der Waals surface area (Å²) in [7, 11) is 1.62. The van der Waals surface area contributed by atoms with Crippen LogP contribution in [-0.2, 0) is 13.2 Å². The molecule has 0 spiro atoms. The van der Waals surface area contributed by atoms with E-state index in [0.717, 1.165) is 17.9 Å². The average Bonchev–Trinajstić information content (AvgIpc) is 3.55. The van der Waals surface area contributed by atoms with Gasteiger partial charge in [0.2, 0.25) is 11.6 Å². The minimum atomic E-state index is 0.0416. The number of methoxy groups -OCH3 is 1. The van der Waals surface area contributed by atoms with Crippen molar-refractivity contribution in [2.45, 2.75) is 25.5 Å². The van der Waals surface area contributed by atoms with Gasteiger partial charge in [0.15, 0.2) is 5.76 Å². The van der Waals surface area contributed by atoms with Crippen molar-refractivity contribution in [3.63, 3.8) is 0 Å². The number of hydrogen-bond acceptors (Lipinski definition) is 8. The lowest BCUT2D eigenvalue weighted by atomic mass is 9.83. The highest BCUT2D eigenvalue weighted by Crippen LogP contribution is 2.39. The molecule has 1 aromatic carbocycles. The predicted molar refractivity (Wildman–Crippen MR) is 130 cm³/mol. The molecule has 3 aromatic heterocycles. The molecule has 0 amide bonds. The molecular weight excluding hydrogens is 460 g/mol. The van der Waals surface area contributed by atoms with Crippen LogP contribution in [0.5, 0.6) is 11.5 Å². The van der Waals surface area contributed by atoms with Gasteiger partial charge < -0.3 is 27.8 Å². The van der Waals surface area contributed by atoms with Crippen LogP contribution < -0.4 is 19.9 Å². The van der Waals surface area contributed by atoms with E-state index in [2.05, 4.69) is 16.0 Å². The van der Waals surface area contributed by atoms with E-state index in [4.69, 9.17) is 18.3 Å². The first-order chi connectivity index (χ1) is 17.6. The van der Waals surface area contributed by atoms with Crippen molar-refractivity contribution in [3.05, 3.63) is 82.1 Å². The number of oxazole rings is 1. The van der Waals surface area contributed by atoms with Gasteiger partial charge in [0, 0.05) is 37.3 Å². The third-order valence-corrected chi connectivity index (χ3v) is 6.80. The lowest BCUT2D eigenvalue weighted by Gasteiger charge is -2.42. The van der Waals surface area contributed by atoms with Gasteiger partial charge >= 0.3 is 0 Å². The zero-order chi connectivity index (χ0) is 24.6. The van der Waals surface area contributed by atoms with E-state index in [-0.39, 0.29) is 29.7 Å². The van der Waals surface area contributed by atoms with E-state index in [1.54, 1.807) is 25.3 Å². The summed E-state index contributed by atoms with van der Waals surface area (Å²) < 4.78 is 24.8. The highest BCUT2D eigenvalue weighted by atomic mass is 16.5. The minimum absolute atomic E-state index is 0.0416. The van der Waals surface area contributed by atoms with Crippen molar-refractivity contribution >= 4 is 5.88 Å². The summed E-state index contributed by atoms with van der Waals surface area (Å²) in [5.74, 6) is 3.67. The average molecular weight is 485 g/mol. The molecule has 6 rings (SSSR count). The Bertz CT molecular complexity index is 1490. The Hall–Kier alpha value is -4.45. The number of furan rings is 1. The quantitative estimate of drug-likeness (QED) is 0.401. The van der Waals surface area contributed by atoms with Crippen molar-refractivity contribution in [2.24, 2.45) is 5.92 Å². The van der Waals surface area contributed by atoms with Crippen LogP contribution in [0.1, 0.15) is 29.5 Å². The molecule has 2 bridgehead atoms. The molecular formula is C27H24N4O5. The fraction of sp³-hybridized carbons (Fsp3) is 0.296. The maximum atomic E-state index is 12.3. The molecule has 2 aliphatic heterocycles. The maximum Gasteiger partial charge on any atom is 0.266 e. The molecule has 5 heterocycles. The highest BCUT2D eigenvalue weighted by molar-refractivity contribution is 5.56. The molecule has 1 fully saturated rings. The van der Waals surface area contributed by atoms with Crippen molar-refractivity contribution in [2.75, 3.05) is 25.1 Å². The largest absolute Gasteiger partial charge is 0.497 e. The number of benzene rings is 1. The van der Waals surface area contributed by atoms with Crippen LogP contribution >= 0.6 is 0 Å². The first-order valence-electron chi connectivity index (χ1n) is 11.8. The highest BCUT2D eigenvalue weighted by Gasteiger charge is 2.37. The second-order valence-corrected chi connectivity index (χ2v) is 9.12. The summed E-state index contributed by atoms with van der Waals surface area (Å²) in [6.45, 7) is 2.25. The standard InChI is InChI=1S/C27H24N4O5/c1-33-19-5-7-20(8-6-19)34-16-21-9-10-24(35-21)26-29-22(12-28)27(36-26)30-13-17-11-18(15-30)23-3-2-4-25(32)31(23)14-17/h2-10,17-18H,11,13-16H2,1H3/t17-,18+/m0/s1. The number of aromatic nitrogens is 2. The monoisotopic (exact) mass is 484 g/mol. The number of pyridine rings is 1. The second-order valence-electron chi connectivity index (χ2n) is 9.12. The van der Waals surface area contributed by atoms with Gasteiger partial charge in [-0.1, -0.05) is 6.07 Å². The zero-order valence-electron chi connectivity index (χ0n) is 19.7. The van der Waals surface area contributed by atoms with Crippen LogP contribution in [-0.4, -0.2) is 29.8 Å². The molecule has 36 heavy (non-hydrogen) atoms. The summed E-state index contributed by atoms with van der Waals surface area (Å²) in [4.78, 5) is 18.8. The maximum absolute atomic E-state index is 12.3.